The summed E-state index contributed by atoms with van der Waals surface area (Å²) < 4.78 is 10.7. The molecule has 0 aromatic carbocycles. The number of hydrogen-bond acceptors (Lipinski definition) is 3. The van der Waals surface area contributed by atoms with E-state index in [-0.39, 0.29) is 5.41 Å². The number of aldehydes is 1. The van der Waals surface area contributed by atoms with Crippen LogP contribution in [0.15, 0.2) is 25.3 Å². The monoisotopic (exact) mass is 212 g/mol. The summed E-state index contributed by atoms with van der Waals surface area (Å²) in [6.45, 7) is 11.1. The Balaban J connectivity index is 3.98. The summed E-state index contributed by atoms with van der Waals surface area (Å²) in [6, 6.07) is 0. The minimum Gasteiger partial charge on any atom is -0.377 e. The second kappa shape index (κ2) is 8.38. The first kappa shape index (κ1) is 14.1. The van der Waals surface area contributed by atoms with Crippen LogP contribution in [0.5, 0.6) is 0 Å². The lowest BCUT2D eigenvalue weighted by Gasteiger charge is -2.26. The minimum absolute atomic E-state index is 0.256. The lowest BCUT2D eigenvalue weighted by atomic mass is 9.89. The second-order valence-corrected chi connectivity index (χ2v) is 3.79. The van der Waals surface area contributed by atoms with Crippen molar-refractivity contribution in [1.82, 2.24) is 0 Å². The van der Waals surface area contributed by atoms with Gasteiger partial charge in [-0.15, -0.1) is 13.2 Å². The summed E-state index contributed by atoms with van der Waals surface area (Å²) in [7, 11) is 0. The molecule has 0 aromatic rings. The van der Waals surface area contributed by atoms with Gasteiger partial charge in [-0.3, -0.25) is 0 Å². The molecule has 0 unspecified atom stereocenters. The van der Waals surface area contributed by atoms with Crippen molar-refractivity contribution in [2.45, 2.75) is 13.3 Å². The SMILES string of the molecule is C=CCOCC(C)(CC=O)COCC=C. The Bertz CT molecular complexity index is 185. The molecule has 86 valence electrons. The third-order valence-corrected chi connectivity index (χ3v) is 1.95. The van der Waals surface area contributed by atoms with Gasteiger partial charge in [-0.1, -0.05) is 19.1 Å². The molecule has 0 aliphatic heterocycles. The molecular formula is C12H20O3. The van der Waals surface area contributed by atoms with Gasteiger partial charge < -0.3 is 14.3 Å². The van der Waals surface area contributed by atoms with Gasteiger partial charge in [0.05, 0.1) is 26.4 Å². The summed E-state index contributed by atoms with van der Waals surface area (Å²) >= 11 is 0. The van der Waals surface area contributed by atoms with E-state index in [9.17, 15) is 4.79 Å². The van der Waals surface area contributed by atoms with E-state index >= 15 is 0 Å². The molecule has 15 heavy (non-hydrogen) atoms. The fraction of sp³-hybridized carbons (Fsp3) is 0.583. The van der Waals surface area contributed by atoms with Crippen LogP contribution in [-0.4, -0.2) is 32.7 Å². The molecule has 0 rings (SSSR count). The number of carbonyl (C=O) groups excluding carboxylic acids is 1. The van der Waals surface area contributed by atoms with Gasteiger partial charge in [-0.2, -0.15) is 0 Å². The molecular weight excluding hydrogens is 192 g/mol. The first-order valence-corrected chi connectivity index (χ1v) is 4.99. The van der Waals surface area contributed by atoms with Crippen molar-refractivity contribution in [2.75, 3.05) is 26.4 Å². The Morgan fingerprint density at radius 2 is 1.60 bits per heavy atom. The zero-order chi connectivity index (χ0) is 11.6. The van der Waals surface area contributed by atoms with Crippen molar-refractivity contribution >= 4 is 6.29 Å². The zero-order valence-electron chi connectivity index (χ0n) is 9.41. The predicted molar refractivity (Wildman–Crippen MR) is 60.8 cm³/mol. The third-order valence-electron chi connectivity index (χ3n) is 1.95. The van der Waals surface area contributed by atoms with Gasteiger partial charge in [0, 0.05) is 11.8 Å². The Labute approximate surface area is 91.8 Å². The van der Waals surface area contributed by atoms with Crippen molar-refractivity contribution < 1.29 is 14.3 Å². The highest BCUT2D eigenvalue weighted by atomic mass is 16.5. The Kier molecular flexibility index (Phi) is 7.86. The zero-order valence-corrected chi connectivity index (χ0v) is 9.41. The van der Waals surface area contributed by atoms with E-state index in [1.54, 1.807) is 12.2 Å². The van der Waals surface area contributed by atoms with E-state index in [2.05, 4.69) is 13.2 Å². The number of carbonyl (C=O) groups is 1. The van der Waals surface area contributed by atoms with Gasteiger partial charge in [-0.25, -0.2) is 0 Å². The summed E-state index contributed by atoms with van der Waals surface area (Å²) in [5, 5.41) is 0. The lowest BCUT2D eigenvalue weighted by Crippen LogP contribution is -2.30. The largest absolute Gasteiger partial charge is 0.377 e. The molecule has 0 spiro atoms. The van der Waals surface area contributed by atoms with Gasteiger partial charge >= 0.3 is 0 Å². The molecule has 0 amide bonds. The summed E-state index contributed by atoms with van der Waals surface area (Å²) in [5.41, 5.74) is -0.256. The first-order valence-electron chi connectivity index (χ1n) is 4.99. The van der Waals surface area contributed by atoms with E-state index in [0.717, 1.165) is 6.29 Å². The maximum Gasteiger partial charge on any atom is 0.120 e. The summed E-state index contributed by atoms with van der Waals surface area (Å²) in [6.07, 6.45) is 4.70. The average Bonchev–Trinajstić information content (AvgIpc) is 2.19. The van der Waals surface area contributed by atoms with Gasteiger partial charge in [0.15, 0.2) is 0 Å². The van der Waals surface area contributed by atoms with Crippen LogP contribution in [0.1, 0.15) is 13.3 Å². The Morgan fingerprint density at radius 1 is 1.13 bits per heavy atom. The lowest BCUT2D eigenvalue weighted by molar-refractivity contribution is -0.112. The minimum atomic E-state index is -0.256. The first-order chi connectivity index (χ1) is 7.18. The molecule has 0 saturated carbocycles. The van der Waals surface area contributed by atoms with Crippen LogP contribution in [0, 0.1) is 5.41 Å². The third kappa shape index (κ3) is 7.05. The molecule has 3 nitrogen and oxygen atoms in total. The molecule has 0 fully saturated rings. The van der Waals surface area contributed by atoms with Crippen LogP contribution in [0.25, 0.3) is 0 Å². The van der Waals surface area contributed by atoms with Gasteiger partial charge in [0.25, 0.3) is 0 Å². The van der Waals surface area contributed by atoms with Crippen molar-refractivity contribution in [3.63, 3.8) is 0 Å². The number of hydrogen-bond donors (Lipinski definition) is 0. The summed E-state index contributed by atoms with van der Waals surface area (Å²) in [5.74, 6) is 0. The van der Waals surface area contributed by atoms with Crippen LogP contribution in [-0.2, 0) is 14.3 Å². The maximum absolute atomic E-state index is 10.5. The van der Waals surface area contributed by atoms with Crippen LogP contribution in [0.4, 0.5) is 0 Å². The Morgan fingerprint density at radius 3 is 1.93 bits per heavy atom. The fourth-order valence-corrected chi connectivity index (χ4v) is 1.14. The highest BCUT2D eigenvalue weighted by Gasteiger charge is 2.24. The number of rotatable bonds is 10. The normalized spacial score (nSPS) is 11.0. The predicted octanol–water partition coefficient (Wildman–Crippen LogP) is 1.99. The molecule has 0 N–H and O–H groups in total. The molecule has 0 atom stereocenters. The van der Waals surface area contributed by atoms with Crippen molar-refractivity contribution in [2.24, 2.45) is 5.41 Å². The van der Waals surface area contributed by atoms with E-state index < -0.39 is 0 Å². The Hall–Kier alpha value is -0.930. The van der Waals surface area contributed by atoms with E-state index in [1.165, 1.54) is 0 Å². The quantitative estimate of drug-likeness (QED) is 0.315. The van der Waals surface area contributed by atoms with E-state index in [4.69, 9.17) is 9.47 Å². The molecule has 0 aromatic heterocycles. The van der Waals surface area contributed by atoms with Gasteiger partial charge in [-0.05, 0) is 0 Å². The average molecular weight is 212 g/mol. The molecule has 0 heterocycles. The van der Waals surface area contributed by atoms with Gasteiger partial charge in [0.2, 0.25) is 0 Å². The second-order valence-electron chi connectivity index (χ2n) is 3.79. The standard InChI is InChI=1S/C12H20O3/c1-4-8-14-10-12(3,6-7-13)11-15-9-5-2/h4-5,7H,1-2,6,8-11H2,3H3. The highest BCUT2D eigenvalue weighted by molar-refractivity contribution is 5.50. The summed E-state index contributed by atoms with van der Waals surface area (Å²) in [4.78, 5) is 10.5. The van der Waals surface area contributed by atoms with Crippen molar-refractivity contribution in [1.29, 1.82) is 0 Å². The molecule has 0 aliphatic rings. The van der Waals surface area contributed by atoms with Crippen molar-refractivity contribution in [3.8, 4) is 0 Å². The molecule has 0 saturated heterocycles. The van der Waals surface area contributed by atoms with Crippen LogP contribution < -0.4 is 0 Å². The fourth-order valence-electron chi connectivity index (χ4n) is 1.14. The maximum atomic E-state index is 10.5. The topological polar surface area (TPSA) is 35.5 Å². The van der Waals surface area contributed by atoms with Gasteiger partial charge in [0.1, 0.15) is 6.29 Å². The van der Waals surface area contributed by atoms with E-state index in [1.807, 2.05) is 6.92 Å². The molecule has 0 bridgehead atoms. The highest BCUT2D eigenvalue weighted by Crippen LogP contribution is 2.21. The van der Waals surface area contributed by atoms with Crippen LogP contribution >= 0.6 is 0 Å². The van der Waals surface area contributed by atoms with Crippen LogP contribution in [0.3, 0.4) is 0 Å². The smallest absolute Gasteiger partial charge is 0.120 e. The van der Waals surface area contributed by atoms with E-state index in [0.29, 0.717) is 32.8 Å². The molecule has 0 radical (unpaired) electrons. The molecule has 0 aliphatic carbocycles. The van der Waals surface area contributed by atoms with Crippen LogP contribution in [0.2, 0.25) is 0 Å². The molecule has 3 heteroatoms. The van der Waals surface area contributed by atoms with Crippen molar-refractivity contribution in [3.05, 3.63) is 25.3 Å². The number of ether oxygens (including phenoxy) is 2.